The molecule has 0 unspecified atom stereocenters. The molecule has 2 heterocycles. The highest BCUT2D eigenvalue weighted by molar-refractivity contribution is 5.98. The Bertz CT molecular complexity index is 1540. The molecule has 180 valence electrons. The molecule has 7 nitrogen and oxygen atoms in total. The number of rotatable bonds is 8. The van der Waals surface area contributed by atoms with Crippen molar-refractivity contribution in [1.29, 1.82) is 0 Å². The Balaban J connectivity index is 1.59. The maximum Gasteiger partial charge on any atom is 0.307 e. The van der Waals surface area contributed by atoms with Crippen molar-refractivity contribution in [2.45, 2.75) is 26.5 Å². The van der Waals surface area contributed by atoms with Crippen molar-refractivity contribution >= 4 is 16.9 Å². The smallest absolute Gasteiger partial charge is 0.307 e. The molecule has 7 heteroatoms. The van der Waals surface area contributed by atoms with Gasteiger partial charge >= 0.3 is 5.97 Å². The van der Waals surface area contributed by atoms with E-state index in [1.807, 2.05) is 31.2 Å². The highest BCUT2D eigenvalue weighted by Gasteiger charge is 2.17. The number of hydrogen-bond acceptors (Lipinski definition) is 6. The number of carboxylic acids is 1. The highest BCUT2D eigenvalue weighted by atomic mass is 16.5. The van der Waals surface area contributed by atoms with Gasteiger partial charge in [-0.3, -0.25) is 4.79 Å². The van der Waals surface area contributed by atoms with E-state index in [1.54, 1.807) is 36.9 Å². The number of aliphatic carboxylic acids is 1. The molecule has 0 fully saturated rings. The molecule has 36 heavy (non-hydrogen) atoms. The second kappa shape index (κ2) is 10.0. The van der Waals surface area contributed by atoms with Crippen molar-refractivity contribution < 1.29 is 19.1 Å². The topological polar surface area (TPSA) is 111 Å². The lowest BCUT2D eigenvalue weighted by atomic mass is 9.96. The van der Waals surface area contributed by atoms with Gasteiger partial charge in [-0.15, -0.1) is 0 Å². The summed E-state index contributed by atoms with van der Waals surface area (Å²) in [5, 5.41) is 10.1. The molecule has 2 aromatic heterocycles. The van der Waals surface area contributed by atoms with Crippen LogP contribution in [0, 0.1) is 6.92 Å². The first-order valence-corrected chi connectivity index (χ1v) is 11.6. The number of nitrogens with zero attached hydrogens (tertiary/aromatic N) is 2. The van der Waals surface area contributed by atoms with Crippen molar-refractivity contribution in [1.82, 2.24) is 9.97 Å². The fourth-order valence-corrected chi connectivity index (χ4v) is 4.20. The van der Waals surface area contributed by atoms with Crippen LogP contribution in [0.3, 0.4) is 0 Å². The number of aryl methyl sites for hydroxylation is 1. The van der Waals surface area contributed by atoms with Gasteiger partial charge in [-0.2, -0.15) is 0 Å². The van der Waals surface area contributed by atoms with Gasteiger partial charge in [0.05, 0.1) is 12.7 Å². The number of ether oxygens (including phenoxy) is 1. The fourth-order valence-electron chi connectivity index (χ4n) is 4.20. The number of para-hydroxylation sites is 1. The molecule has 5 aromatic rings. The van der Waals surface area contributed by atoms with E-state index in [1.165, 1.54) is 0 Å². The predicted octanol–water partition coefficient (Wildman–Crippen LogP) is 5.53. The lowest BCUT2D eigenvalue weighted by Gasteiger charge is -2.11. The summed E-state index contributed by atoms with van der Waals surface area (Å²) in [6.45, 7) is 2.52. The Morgan fingerprint density at radius 1 is 0.972 bits per heavy atom. The molecule has 0 aliphatic heterocycles. The molecule has 0 saturated heterocycles. The van der Waals surface area contributed by atoms with Gasteiger partial charge in [0.1, 0.15) is 23.8 Å². The average Bonchev–Trinajstić information content (AvgIpc) is 3.31. The van der Waals surface area contributed by atoms with E-state index >= 15 is 0 Å². The van der Waals surface area contributed by atoms with Crippen molar-refractivity contribution in [2.75, 3.05) is 0 Å². The number of aromatic nitrogens is 2. The Labute approximate surface area is 208 Å². The molecule has 0 bridgehead atoms. The SMILES string of the molecule is Cc1ncc(-c2cc(-c3cccc(CN)c3)cc3c(COc4ccccc4CC(=O)O)coc23)cn1. The van der Waals surface area contributed by atoms with Crippen LogP contribution in [0.4, 0.5) is 0 Å². The second-order valence-electron chi connectivity index (χ2n) is 8.55. The van der Waals surface area contributed by atoms with Crippen molar-refractivity contribution in [3.63, 3.8) is 0 Å². The van der Waals surface area contributed by atoms with Crippen molar-refractivity contribution in [3.05, 3.63) is 102 Å². The van der Waals surface area contributed by atoms with Crippen LogP contribution in [-0.2, 0) is 24.4 Å². The maximum absolute atomic E-state index is 11.3. The summed E-state index contributed by atoms with van der Waals surface area (Å²) in [5.41, 5.74) is 12.9. The van der Waals surface area contributed by atoms with Gasteiger partial charge in [0.2, 0.25) is 0 Å². The van der Waals surface area contributed by atoms with E-state index in [4.69, 9.17) is 14.9 Å². The number of furan rings is 1. The van der Waals surface area contributed by atoms with Gasteiger partial charge in [0.15, 0.2) is 0 Å². The molecule has 3 N–H and O–H groups in total. The standard InChI is InChI=1S/C29H25N3O4/c1-18-31-14-23(15-32-18)25-10-22(20-7-4-5-19(9-20)13-30)11-26-24(17-36-29(25)26)16-35-27-8-3-2-6-21(27)12-28(33)34/h2-11,14-15,17H,12-13,16,30H2,1H3,(H,33,34). The third-order valence-corrected chi connectivity index (χ3v) is 6.04. The molecular formula is C29H25N3O4. The summed E-state index contributed by atoms with van der Waals surface area (Å²) >= 11 is 0. The van der Waals surface area contributed by atoms with Gasteiger partial charge in [0.25, 0.3) is 0 Å². The van der Waals surface area contributed by atoms with E-state index in [-0.39, 0.29) is 13.0 Å². The molecule has 0 spiro atoms. The third-order valence-electron chi connectivity index (χ3n) is 6.04. The molecule has 0 amide bonds. The number of nitrogens with two attached hydrogens (primary N) is 1. The van der Waals surface area contributed by atoms with Gasteiger partial charge in [-0.1, -0.05) is 36.4 Å². The molecule has 0 saturated carbocycles. The predicted molar refractivity (Wildman–Crippen MR) is 137 cm³/mol. The van der Waals surface area contributed by atoms with Crippen LogP contribution in [0.2, 0.25) is 0 Å². The molecule has 3 aromatic carbocycles. The monoisotopic (exact) mass is 479 g/mol. The Kier molecular flexibility index (Phi) is 6.47. The summed E-state index contributed by atoms with van der Waals surface area (Å²) in [4.78, 5) is 20.0. The molecule has 5 rings (SSSR count). The van der Waals surface area contributed by atoms with Gasteiger partial charge in [-0.25, -0.2) is 9.97 Å². The maximum atomic E-state index is 11.3. The zero-order chi connectivity index (χ0) is 25.1. The first kappa shape index (κ1) is 23.3. The molecule has 0 radical (unpaired) electrons. The quantitative estimate of drug-likeness (QED) is 0.301. The first-order chi connectivity index (χ1) is 17.5. The average molecular weight is 480 g/mol. The Hall–Kier alpha value is -4.49. The van der Waals surface area contributed by atoms with Crippen LogP contribution in [0.15, 0.2) is 83.7 Å². The van der Waals surface area contributed by atoms with Crippen LogP contribution in [0.5, 0.6) is 5.75 Å². The first-order valence-electron chi connectivity index (χ1n) is 11.6. The number of carbonyl (C=O) groups is 1. The van der Waals surface area contributed by atoms with E-state index in [2.05, 4.69) is 28.2 Å². The number of carboxylic acid groups (broad SMARTS) is 1. The van der Waals surface area contributed by atoms with E-state index in [0.29, 0.717) is 29.3 Å². The number of hydrogen-bond donors (Lipinski definition) is 2. The molecule has 0 aliphatic rings. The van der Waals surface area contributed by atoms with Crippen LogP contribution in [0.1, 0.15) is 22.5 Å². The van der Waals surface area contributed by atoms with Crippen LogP contribution in [-0.4, -0.2) is 21.0 Å². The number of fused-ring (bicyclic) bond motifs is 1. The van der Waals surface area contributed by atoms with E-state index < -0.39 is 5.97 Å². The minimum Gasteiger partial charge on any atom is -0.488 e. The summed E-state index contributed by atoms with van der Waals surface area (Å²) in [6, 6.07) is 19.4. The van der Waals surface area contributed by atoms with E-state index in [0.717, 1.165) is 38.8 Å². The van der Waals surface area contributed by atoms with Crippen molar-refractivity contribution in [3.8, 4) is 28.0 Å². The molecular weight excluding hydrogens is 454 g/mol. The summed E-state index contributed by atoms with van der Waals surface area (Å²) in [6.07, 6.45) is 5.15. The lowest BCUT2D eigenvalue weighted by Crippen LogP contribution is -2.04. The van der Waals surface area contributed by atoms with Crippen LogP contribution in [0.25, 0.3) is 33.2 Å². The highest BCUT2D eigenvalue weighted by Crippen LogP contribution is 2.37. The number of benzene rings is 3. The minimum atomic E-state index is -0.908. The second-order valence-corrected chi connectivity index (χ2v) is 8.55. The van der Waals surface area contributed by atoms with Crippen LogP contribution >= 0.6 is 0 Å². The van der Waals surface area contributed by atoms with Crippen molar-refractivity contribution in [2.24, 2.45) is 5.73 Å². The lowest BCUT2D eigenvalue weighted by molar-refractivity contribution is -0.136. The summed E-state index contributed by atoms with van der Waals surface area (Å²) in [7, 11) is 0. The zero-order valence-electron chi connectivity index (χ0n) is 19.8. The normalized spacial score (nSPS) is 11.1. The van der Waals surface area contributed by atoms with Crippen LogP contribution < -0.4 is 10.5 Å². The van der Waals surface area contributed by atoms with Gasteiger partial charge in [0, 0.05) is 46.6 Å². The largest absolute Gasteiger partial charge is 0.488 e. The van der Waals surface area contributed by atoms with E-state index in [9.17, 15) is 9.90 Å². The summed E-state index contributed by atoms with van der Waals surface area (Å²) in [5.74, 6) is 0.317. The fraction of sp³-hybridized carbons (Fsp3) is 0.138. The van der Waals surface area contributed by atoms with Gasteiger partial charge < -0.3 is 20.0 Å². The molecule has 0 aliphatic carbocycles. The third kappa shape index (κ3) is 4.82. The summed E-state index contributed by atoms with van der Waals surface area (Å²) < 4.78 is 12.1. The Morgan fingerprint density at radius 2 is 1.78 bits per heavy atom. The molecule has 0 atom stereocenters. The Morgan fingerprint density at radius 3 is 2.56 bits per heavy atom. The zero-order valence-corrected chi connectivity index (χ0v) is 19.8. The minimum absolute atomic E-state index is 0.110. The van der Waals surface area contributed by atoms with Gasteiger partial charge in [-0.05, 0) is 47.9 Å².